The van der Waals surface area contributed by atoms with E-state index >= 15 is 0 Å². The van der Waals surface area contributed by atoms with Gasteiger partial charge in [-0.1, -0.05) is 36.4 Å². The molecule has 7 nitrogen and oxygen atoms in total. The summed E-state index contributed by atoms with van der Waals surface area (Å²) in [4.78, 5) is 20.4. The Morgan fingerprint density at radius 2 is 1.93 bits per heavy atom. The van der Waals surface area contributed by atoms with Crippen LogP contribution in [0.3, 0.4) is 0 Å². The fourth-order valence-corrected chi connectivity index (χ4v) is 3.28. The maximum Gasteiger partial charge on any atom is 0.338 e. The van der Waals surface area contributed by atoms with Gasteiger partial charge in [0.2, 0.25) is 0 Å². The van der Waals surface area contributed by atoms with E-state index in [1.165, 1.54) is 28.2 Å². The first-order chi connectivity index (χ1) is 14.2. The summed E-state index contributed by atoms with van der Waals surface area (Å²) in [6, 6.07) is 16.9. The van der Waals surface area contributed by atoms with Crippen molar-refractivity contribution in [1.82, 2.24) is 19.7 Å². The highest BCUT2D eigenvalue weighted by atomic mass is 16.4. The quantitative estimate of drug-likeness (QED) is 0.526. The van der Waals surface area contributed by atoms with Crippen LogP contribution in [-0.2, 0) is 6.42 Å². The van der Waals surface area contributed by atoms with Gasteiger partial charge >= 0.3 is 5.97 Å². The van der Waals surface area contributed by atoms with E-state index in [2.05, 4.69) is 44.6 Å². The number of rotatable bonds is 6. The Morgan fingerprint density at radius 1 is 1.10 bits per heavy atom. The van der Waals surface area contributed by atoms with Gasteiger partial charge < -0.3 is 10.4 Å². The van der Waals surface area contributed by atoms with E-state index < -0.39 is 5.97 Å². The van der Waals surface area contributed by atoms with Gasteiger partial charge in [0.05, 0.1) is 17.3 Å². The minimum atomic E-state index is -1.03. The van der Waals surface area contributed by atoms with Gasteiger partial charge in [-0.3, -0.25) is 0 Å². The van der Waals surface area contributed by atoms with E-state index in [1.54, 1.807) is 0 Å². The van der Waals surface area contributed by atoms with E-state index in [9.17, 15) is 4.79 Å². The molecule has 0 bridgehead atoms. The predicted octanol–water partition coefficient (Wildman–Crippen LogP) is 3.68. The number of nitrogens with zero attached hydrogens (tertiary/aromatic N) is 4. The standard InChI is InChI=1S/C22H19N5O2/c28-21(29)16-12-23-27(13-16)22-25-19-9-6-15(10-14-4-2-1-3-5-14)11-18(19)20(26-22)24-17-7-8-17/h1-6,9,11-13,17H,7-8,10H2,(H,28,29)(H,24,25,26). The van der Waals surface area contributed by atoms with Crippen molar-refractivity contribution in [1.29, 1.82) is 0 Å². The van der Waals surface area contributed by atoms with Crippen molar-refractivity contribution in [2.75, 3.05) is 5.32 Å². The molecule has 0 radical (unpaired) electrons. The lowest BCUT2D eigenvalue weighted by atomic mass is 10.0. The topological polar surface area (TPSA) is 92.9 Å². The van der Waals surface area contributed by atoms with Crippen LogP contribution in [0.25, 0.3) is 16.9 Å². The lowest BCUT2D eigenvalue weighted by Crippen LogP contribution is -2.09. The Bertz CT molecular complexity index is 1200. The summed E-state index contributed by atoms with van der Waals surface area (Å²) in [5.41, 5.74) is 3.33. The smallest absolute Gasteiger partial charge is 0.338 e. The largest absolute Gasteiger partial charge is 0.478 e. The normalized spacial score (nSPS) is 13.5. The number of hydrogen-bond donors (Lipinski definition) is 2. The van der Waals surface area contributed by atoms with Crippen molar-refractivity contribution < 1.29 is 9.90 Å². The van der Waals surface area contributed by atoms with E-state index in [0.717, 1.165) is 36.0 Å². The molecular weight excluding hydrogens is 366 g/mol. The maximum absolute atomic E-state index is 11.2. The second kappa shape index (κ2) is 7.01. The van der Waals surface area contributed by atoms with Crippen molar-refractivity contribution >= 4 is 22.7 Å². The van der Waals surface area contributed by atoms with E-state index in [0.29, 0.717) is 12.0 Å². The summed E-state index contributed by atoms with van der Waals surface area (Å²) < 4.78 is 1.40. The van der Waals surface area contributed by atoms with Gasteiger partial charge in [-0.2, -0.15) is 10.1 Å². The number of fused-ring (bicyclic) bond motifs is 1. The third-order valence-corrected chi connectivity index (χ3v) is 4.95. The van der Waals surface area contributed by atoms with Crippen LogP contribution in [0, 0.1) is 0 Å². The van der Waals surface area contributed by atoms with Crippen LogP contribution in [-0.4, -0.2) is 36.9 Å². The minimum Gasteiger partial charge on any atom is -0.478 e. The minimum absolute atomic E-state index is 0.101. The average molecular weight is 385 g/mol. The molecule has 5 rings (SSSR count). The molecular formula is C22H19N5O2. The Morgan fingerprint density at radius 3 is 2.66 bits per heavy atom. The first-order valence-electron chi connectivity index (χ1n) is 9.55. The molecule has 1 saturated carbocycles. The molecule has 0 atom stereocenters. The first-order valence-corrected chi connectivity index (χ1v) is 9.55. The van der Waals surface area contributed by atoms with Gasteiger partial charge in [-0.15, -0.1) is 0 Å². The number of aromatic nitrogens is 4. The summed E-state index contributed by atoms with van der Waals surface area (Å²) in [5, 5.41) is 17.7. The molecule has 1 aliphatic carbocycles. The van der Waals surface area contributed by atoms with Crippen molar-refractivity contribution in [3.05, 3.63) is 77.6 Å². The monoisotopic (exact) mass is 385 g/mol. The summed E-state index contributed by atoms with van der Waals surface area (Å²) in [6.07, 6.45) is 5.80. The third-order valence-electron chi connectivity index (χ3n) is 4.95. The molecule has 1 fully saturated rings. The number of carboxylic acids is 1. The Balaban J connectivity index is 1.56. The number of nitrogens with one attached hydrogen (secondary N) is 1. The highest BCUT2D eigenvalue weighted by molar-refractivity contribution is 5.90. The van der Waals surface area contributed by atoms with E-state index in [1.807, 2.05) is 24.3 Å². The van der Waals surface area contributed by atoms with Crippen LogP contribution in [0.15, 0.2) is 60.9 Å². The van der Waals surface area contributed by atoms with Crippen molar-refractivity contribution in [3.8, 4) is 5.95 Å². The van der Waals surface area contributed by atoms with Crippen LogP contribution in [0.5, 0.6) is 0 Å². The second-order valence-corrected chi connectivity index (χ2v) is 7.28. The molecule has 0 spiro atoms. The molecule has 144 valence electrons. The van der Waals surface area contributed by atoms with Gasteiger partial charge in [-0.25, -0.2) is 14.5 Å². The molecule has 2 aromatic heterocycles. The highest BCUT2D eigenvalue weighted by Crippen LogP contribution is 2.29. The molecule has 0 amide bonds. The van der Waals surface area contributed by atoms with Crippen LogP contribution in [0.1, 0.15) is 34.3 Å². The van der Waals surface area contributed by atoms with Gasteiger partial charge in [0.15, 0.2) is 0 Å². The fourth-order valence-electron chi connectivity index (χ4n) is 3.28. The molecule has 2 aromatic carbocycles. The third kappa shape index (κ3) is 3.67. The SMILES string of the molecule is O=C(O)c1cnn(-c2nc(NC3CC3)c3cc(Cc4ccccc4)ccc3n2)c1. The lowest BCUT2D eigenvalue weighted by molar-refractivity contribution is 0.0697. The average Bonchev–Trinajstić information content (AvgIpc) is 3.40. The number of benzene rings is 2. The number of anilines is 1. The molecule has 0 aliphatic heterocycles. The molecule has 2 heterocycles. The second-order valence-electron chi connectivity index (χ2n) is 7.28. The number of hydrogen-bond acceptors (Lipinski definition) is 5. The maximum atomic E-state index is 11.2. The van der Waals surface area contributed by atoms with E-state index in [-0.39, 0.29) is 5.56 Å². The zero-order chi connectivity index (χ0) is 19.8. The van der Waals surface area contributed by atoms with Crippen molar-refractivity contribution in [2.24, 2.45) is 0 Å². The molecule has 7 heteroatoms. The Labute approximate surface area is 167 Å². The Hall–Kier alpha value is -3.74. The van der Waals surface area contributed by atoms with Gasteiger partial charge in [-0.05, 0) is 42.5 Å². The molecule has 0 unspecified atom stereocenters. The number of carboxylic acid groups (broad SMARTS) is 1. The van der Waals surface area contributed by atoms with Crippen LogP contribution in [0.2, 0.25) is 0 Å². The summed E-state index contributed by atoms with van der Waals surface area (Å²) in [6.45, 7) is 0. The summed E-state index contributed by atoms with van der Waals surface area (Å²) in [5.74, 6) is 0.0812. The van der Waals surface area contributed by atoms with Crippen LogP contribution in [0.4, 0.5) is 5.82 Å². The molecule has 2 N–H and O–H groups in total. The molecule has 1 aliphatic rings. The van der Waals surface area contributed by atoms with Crippen molar-refractivity contribution in [3.63, 3.8) is 0 Å². The summed E-state index contributed by atoms with van der Waals surface area (Å²) >= 11 is 0. The zero-order valence-corrected chi connectivity index (χ0v) is 15.6. The first kappa shape index (κ1) is 17.4. The van der Waals surface area contributed by atoms with Crippen molar-refractivity contribution in [2.45, 2.75) is 25.3 Å². The van der Waals surface area contributed by atoms with Gasteiger partial charge in [0, 0.05) is 17.6 Å². The Kier molecular flexibility index (Phi) is 4.20. The van der Waals surface area contributed by atoms with Crippen LogP contribution < -0.4 is 5.32 Å². The predicted molar refractivity (Wildman–Crippen MR) is 110 cm³/mol. The lowest BCUT2D eigenvalue weighted by Gasteiger charge is -2.11. The molecule has 29 heavy (non-hydrogen) atoms. The fraction of sp³-hybridized carbons (Fsp3) is 0.182. The summed E-state index contributed by atoms with van der Waals surface area (Å²) in [7, 11) is 0. The number of aromatic carboxylic acids is 1. The molecule has 0 saturated heterocycles. The number of carbonyl (C=O) groups is 1. The highest BCUT2D eigenvalue weighted by Gasteiger charge is 2.23. The zero-order valence-electron chi connectivity index (χ0n) is 15.6. The van der Waals surface area contributed by atoms with Crippen LogP contribution >= 0.6 is 0 Å². The van der Waals surface area contributed by atoms with E-state index in [4.69, 9.17) is 5.11 Å². The van der Waals surface area contributed by atoms with Gasteiger partial charge in [0.1, 0.15) is 5.82 Å². The molecule has 4 aromatic rings. The van der Waals surface area contributed by atoms with Gasteiger partial charge in [0.25, 0.3) is 5.95 Å².